The summed E-state index contributed by atoms with van der Waals surface area (Å²) in [6.07, 6.45) is -4.68. The Labute approximate surface area is 122 Å². The SMILES string of the molecule is COCCOCc1nnc2c(C(=O)O)ccc(C(F)(F)F)n12. The molecule has 120 valence electrons. The van der Waals surface area contributed by atoms with Crippen molar-refractivity contribution in [2.75, 3.05) is 20.3 Å². The first kappa shape index (κ1) is 16.2. The van der Waals surface area contributed by atoms with E-state index in [0.29, 0.717) is 10.5 Å². The van der Waals surface area contributed by atoms with E-state index in [0.717, 1.165) is 6.07 Å². The van der Waals surface area contributed by atoms with Gasteiger partial charge in [-0.25, -0.2) is 4.79 Å². The van der Waals surface area contributed by atoms with Gasteiger partial charge in [0.05, 0.1) is 13.2 Å². The van der Waals surface area contributed by atoms with Crippen molar-refractivity contribution in [2.24, 2.45) is 0 Å². The van der Waals surface area contributed by atoms with Gasteiger partial charge in [-0.3, -0.25) is 4.40 Å². The fourth-order valence-corrected chi connectivity index (χ4v) is 1.84. The first-order valence-corrected chi connectivity index (χ1v) is 6.10. The molecule has 0 aromatic carbocycles. The number of carboxylic acid groups (broad SMARTS) is 1. The summed E-state index contributed by atoms with van der Waals surface area (Å²) < 4.78 is 49.7. The smallest absolute Gasteiger partial charge is 0.431 e. The molecule has 0 aliphatic rings. The van der Waals surface area contributed by atoms with E-state index >= 15 is 0 Å². The van der Waals surface area contributed by atoms with Crippen LogP contribution in [0.4, 0.5) is 13.2 Å². The van der Waals surface area contributed by atoms with Gasteiger partial charge in [0.2, 0.25) is 0 Å². The number of fused-ring (bicyclic) bond motifs is 1. The summed E-state index contributed by atoms with van der Waals surface area (Å²) in [6, 6.07) is 1.53. The molecule has 0 bridgehead atoms. The average molecular weight is 319 g/mol. The number of hydrogen-bond donors (Lipinski definition) is 1. The third-order valence-corrected chi connectivity index (χ3v) is 2.80. The van der Waals surface area contributed by atoms with E-state index in [1.165, 1.54) is 7.11 Å². The summed E-state index contributed by atoms with van der Waals surface area (Å²) in [4.78, 5) is 11.1. The fourth-order valence-electron chi connectivity index (χ4n) is 1.84. The molecule has 1 N–H and O–H groups in total. The van der Waals surface area contributed by atoms with Crippen LogP contribution in [0.5, 0.6) is 0 Å². The standard InChI is InChI=1S/C12H12F3N3O4/c1-21-4-5-22-6-9-16-17-10-7(11(19)20)2-3-8(18(9)10)12(13,14)15/h2-3H,4-6H2,1H3,(H,19,20). The number of aromatic nitrogens is 3. The zero-order valence-corrected chi connectivity index (χ0v) is 11.4. The van der Waals surface area contributed by atoms with Crippen molar-refractivity contribution in [1.82, 2.24) is 14.6 Å². The molecule has 2 rings (SSSR count). The van der Waals surface area contributed by atoms with Crippen molar-refractivity contribution < 1.29 is 32.5 Å². The van der Waals surface area contributed by atoms with Gasteiger partial charge in [0.15, 0.2) is 11.5 Å². The highest BCUT2D eigenvalue weighted by atomic mass is 19.4. The van der Waals surface area contributed by atoms with E-state index in [1.54, 1.807) is 0 Å². The number of carbonyl (C=O) groups is 1. The quantitative estimate of drug-likeness (QED) is 0.814. The van der Waals surface area contributed by atoms with Gasteiger partial charge < -0.3 is 14.6 Å². The molecule has 0 saturated carbocycles. The van der Waals surface area contributed by atoms with Gasteiger partial charge in [0.25, 0.3) is 0 Å². The van der Waals surface area contributed by atoms with Crippen LogP contribution in [-0.2, 0) is 22.3 Å². The van der Waals surface area contributed by atoms with E-state index in [2.05, 4.69) is 10.2 Å². The summed E-state index contributed by atoms with van der Waals surface area (Å²) in [6.45, 7) is 0.172. The summed E-state index contributed by atoms with van der Waals surface area (Å²) >= 11 is 0. The number of methoxy groups -OCH3 is 1. The average Bonchev–Trinajstić information content (AvgIpc) is 2.85. The molecule has 0 unspecified atom stereocenters. The predicted octanol–water partition coefficient (Wildman–Crippen LogP) is 1.61. The lowest BCUT2D eigenvalue weighted by molar-refractivity contribution is -0.142. The number of halogens is 3. The number of pyridine rings is 1. The molecule has 2 aromatic rings. The maximum absolute atomic E-state index is 13.1. The molecule has 0 aliphatic heterocycles. The molecule has 0 spiro atoms. The van der Waals surface area contributed by atoms with Gasteiger partial charge in [-0.05, 0) is 12.1 Å². The van der Waals surface area contributed by atoms with Gasteiger partial charge in [0.1, 0.15) is 17.9 Å². The van der Waals surface area contributed by atoms with Crippen LogP contribution in [0.2, 0.25) is 0 Å². The maximum atomic E-state index is 13.1. The Hall–Kier alpha value is -2.20. The summed E-state index contributed by atoms with van der Waals surface area (Å²) in [7, 11) is 1.46. The minimum absolute atomic E-state index is 0.137. The summed E-state index contributed by atoms with van der Waals surface area (Å²) in [5.41, 5.74) is -1.82. The van der Waals surface area contributed by atoms with E-state index in [4.69, 9.17) is 14.6 Å². The van der Waals surface area contributed by atoms with Crippen LogP contribution in [0.25, 0.3) is 5.65 Å². The number of hydrogen-bond acceptors (Lipinski definition) is 5. The van der Waals surface area contributed by atoms with Crippen LogP contribution in [0, 0.1) is 0 Å². The van der Waals surface area contributed by atoms with Crippen LogP contribution < -0.4 is 0 Å². The lowest BCUT2D eigenvalue weighted by Gasteiger charge is -2.12. The first-order chi connectivity index (χ1) is 10.4. The fraction of sp³-hybridized carbons (Fsp3) is 0.417. The second kappa shape index (κ2) is 6.28. The Kier molecular flexibility index (Phi) is 4.62. The van der Waals surface area contributed by atoms with Gasteiger partial charge in [-0.1, -0.05) is 0 Å². The molecule has 0 aliphatic carbocycles. The van der Waals surface area contributed by atoms with Crippen LogP contribution in [-0.4, -0.2) is 46.0 Å². The highest BCUT2D eigenvalue weighted by Gasteiger charge is 2.35. The number of rotatable bonds is 6. The largest absolute Gasteiger partial charge is 0.478 e. The molecule has 0 amide bonds. The number of ether oxygens (including phenoxy) is 2. The molecule has 0 saturated heterocycles. The van der Waals surface area contributed by atoms with E-state index < -0.39 is 17.8 Å². The topological polar surface area (TPSA) is 86.0 Å². The van der Waals surface area contributed by atoms with Crippen LogP contribution >= 0.6 is 0 Å². The zero-order chi connectivity index (χ0) is 16.3. The minimum Gasteiger partial charge on any atom is -0.478 e. The molecule has 10 heteroatoms. The Balaban J connectivity index is 2.49. The van der Waals surface area contributed by atoms with Crippen molar-refractivity contribution in [2.45, 2.75) is 12.8 Å². The molecular weight excluding hydrogens is 307 g/mol. The molecule has 22 heavy (non-hydrogen) atoms. The van der Waals surface area contributed by atoms with Crippen LogP contribution in [0.3, 0.4) is 0 Å². The van der Waals surface area contributed by atoms with E-state index in [-0.39, 0.29) is 36.9 Å². The lowest BCUT2D eigenvalue weighted by Crippen LogP contribution is -2.16. The molecular formula is C12H12F3N3O4. The first-order valence-electron chi connectivity index (χ1n) is 6.10. The minimum atomic E-state index is -4.68. The molecule has 2 heterocycles. The Morgan fingerprint density at radius 2 is 2.05 bits per heavy atom. The van der Waals surface area contributed by atoms with Gasteiger partial charge in [0, 0.05) is 7.11 Å². The van der Waals surface area contributed by atoms with Crippen molar-refractivity contribution in [3.05, 3.63) is 29.2 Å². The van der Waals surface area contributed by atoms with Gasteiger partial charge in [-0.2, -0.15) is 13.2 Å². The molecule has 2 aromatic heterocycles. The van der Waals surface area contributed by atoms with Gasteiger partial charge in [-0.15, -0.1) is 10.2 Å². The Bertz CT molecular complexity index is 684. The third kappa shape index (κ3) is 3.17. The van der Waals surface area contributed by atoms with E-state index in [9.17, 15) is 18.0 Å². The van der Waals surface area contributed by atoms with Crippen LogP contribution in [0.15, 0.2) is 12.1 Å². The second-order valence-electron chi connectivity index (χ2n) is 4.26. The Morgan fingerprint density at radius 1 is 1.32 bits per heavy atom. The lowest BCUT2D eigenvalue weighted by atomic mass is 10.2. The normalized spacial score (nSPS) is 12.0. The number of nitrogens with zero attached hydrogens (tertiary/aromatic N) is 3. The molecule has 0 atom stereocenters. The molecule has 0 fully saturated rings. The summed E-state index contributed by atoms with van der Waals surface area (Å²) in [5, 5.41) is 16.1. The number of carboxylic acids is 1. The maximum Gasteiger partial charge on any atom is 0.431 e. The van der Waals surface area contributed by atoms with Crippen molar-refractivity contribution in [1.29, 1.82) is 0 Å². The number of alkyl halides is 3. The molecule has 0 radical (unpaired) electrons. The van der Waals surface area contributed by atoms with Crippen LogP contribution in [0.1, 0.15) is 21.9 Å². The van der Waals surface area contributed by atoms with Crippen molar-refractivity contribution >= 4 is 11.6 Å². The predicted molar refractivity (Wildman–Crippen MR) is 66.5 cm³/mol. The zero-order valence-electron chi connectivity index (χ0n) is 11.4. The highest BCUT2D eigenvalue weighted by Crippen LogP contribution is 2.31. The monoisotopic (exact) mass is 319 g/mol. The Morgan fingerprint density at radius 3 is 2.64 bits per heavy atom. The van der Waals surface area contributed by atoms with Crippen molar-refractivity contribution in [3.8, 4) is 0 Å². The molecule has 7 nitrogen and oxygen atoms in total. The summed E-state index contributed by atoms with van der Waals surface area (Å²) in [5.74, 6) is -1.53. The second-order valence-corrected chi connectivity index (χ2v) is 4.26. The van der Waals surface area contributed by atoms with Gasteiger partial charge >= 0.3 is 12.1 Å². The van der Waals surface area contributed by atoms with E-state index in [1.807, 2.05) is 0 Å². The van der Waals surface area contributed by atoms with Crippen molar-refractivity contribution in [3.63, 3.8) is 0 Å². The highest BCUT2D eigenvalue weighted by molar-refractivity contribution is 5.94. The number of aromatic carboxylic acids is 1. The third-order valence-electron chi connectivity index (χ3n) is 2.80.